The summed E-state index contributed by atoms with van der Waals surface area (Å²) in [6, 6.07) is 19.4. The van der Waals surface area contributed by atoms with Crippen molar-refractivity contribution in [3.8, 4) is 0 Å². The number of carbonyl (C=O) groups is 2. The topological polar surface area (TPSA) is 42.3 Å². The summed E-state index contributed by atoms with van der Waals surface area (Å²) in [6.07, 6.45) is 3.70. The molecule has 8 heteroatoms. The monoisotopic (exact) mass is 510 g/mol. The quantitative estimate of drug-likeness (QED) is 0.263. The van der Waals surface area contributed by atoms with Crippen molar-refractivity contribution >= 4 is 63.1 Å². The lowest BCUT2D eigenvalue weighted by molar-refractivity contribution is -0.123. The van der Waals surface area contributed by atoms with Crippen LogP contribution >= 0.6 is 35.0 Å². The number of aromatic nitrogens is 1. The Morgan fingerprint density at radius 2 is 1.62 bits per heavy atom. The number of fused-ring (bicyclic) bond motifs is 1. The Morgan fingerprint density at radius 3 is 2.41 bits per heavy atom. The summed E-state index contributed by atoms with van der Waals surface area (Å²) in [5, 5.41) is 1.42. The second-order valence-electron chi connectivity index (χ2n) is 7.82. The molecule has 4 nitrogen and oxygen atoms in total. The van der Waals surface area contributed by atoms with Crippen LogP contribution in [0.2, 0.25) is 10.0 Å². The van der Waals surface area contributed by atoms with Crippen LogP contribution in [0.25, 0.3) is 17.0 Å². The van der Waals surface area contributed by atoms with Crippen LogP contribution in [0.15, 0.2) is 77.8 Å². The highest BCUT2D eigenvalue weighted by molar-refractivity contribution is 8.18. The lowest BCUT2D eigenvalue weighted by atomic mass is 10.1. The molecule has 0 saturated carbocycles. The molecule has 34 heavy (non-hydrogen) atoms. The minimum Gasteiger partial charge on any atom is -0.342 e. The normalized spacial score (nSPS) is 15.1. The van der Waals surface area contributed by atoms with Crippen molar-refractivity contribution in [1.29, 1.82) is 0 Å². The molecule has 0 aliphatic carbocycles. The van der Waals surface area contributed by atoms with Crippen LogP contribution in [-0.4, -0.2) is 20.6 Å². The van der Waals surface area contributed by atoms with E-state index in [2.05, 4.69) is 4.57 Å². The molecule has 5 rings (SSSR count). The predicted octanol–water partition coefficient (Wildman–Crippen LogP) is 7.37. The van der Waals surface area contributed by atoms with Crippen LogP contribution in [0.1, 0.15) is 16.7 Å². The largest absolute Gasteiger partial charge is 0.342 e. The first-order chi connectivity index (χ1) is 16.4. The van der Waals surface area contributed by atoms with Gasteiger partial charge in [-0.25, -0.2) is 4.39 Å². The van der Waals surface area contributed by atoms with Crippen molar-refractivity contribution in [2.45, 2.75) is 13.1 Å². The van der Waals surface area contributed by atoms with Crippen molar-refractivity contribution < 1.29 is 14.0 Å². The maximum absolute atomic E-state index is 13.4. The van der Waals surface area contributed by atoms with Gasteiger partial charge in [-0.1, -0.05) is 65.7 Å². The first-order valence-electron chi connectivity index (χ1n) is 10.4. The fraction of sp³-hybridized carbons (Fsp3) is 0.0769. The van der Waals surface area contributed by atoms with Gasteiger partial charge in [0.15, 0.2) is 0 Å². The van der Waals surface area contributed by atoms with Gasteiger partial charge in [-0.05, 0) is 53.2 Å². The average molecular weight is 511 g/mol. The summed E-state index contributed by atoms with van der Waals surface area (Å²) in [6.45, 7) is 0.550. The molecule has 0 atom stereocenters. The Labute approximate surface area is 209 Å². The van der Waals surface area contributed by atoms with Gasteiger partial charge in [-0.15, -0.1) is 0 Å². The molecule has 170 valence electrons. The van der Waals surface area contributed by atoms with Gasteiger partial charge in [0.25, 0.3) is 11.1 Å². The third kappa shape index (κ3) is 4.37. The van der Waals surface area contributed by atoms with E-state index >= 15 is 0 Å². The number of benzene rings is 3. The maximum Gasteiger partial charge on any atom is 0.293 e. The number of thioether (sulfide) groups is 1. The van der Waals surface area contributed by atoms with E-state index in [0.29, 0.717) is 22.0 Å². The van der Waals surface area contributed by atoms with Crippen LogP contribution in [-0.2, 0) is 17.9 Å². The van der Waals surface area contributed by atoms with E-state index in [1.165, 1.54) is 18.2 Å². The summed E-state index contributed by atoms with van der Waals surface area (Å²) in [7, 11) is 0. The summed E-state index contributed by atoms with van der Waals surface area (Å²) < 4.78 is 15.4. The number of hydrogen-bond donors (Lipinski definition) is 0. The molecule has 1 aromatic heterocycles. The number of halogens is 3. The highest BCUT2D eigenvalue weighted by Crippen LogP contribution is 2.36. The minimum absolute atomic E-state index is 0.0185. The molecule has 0 radical (unpaired) electrons. The number of nitrogens with zero attached hydrogens (tertiary/aromatic N) is 2. The zero-order valence-electron chi connectivity index (χ0n) is 17.7. The Morgan fingerprint density at radius 1 is 0.882 bits per heavy atom. The van der Waals surface area contributed by atoms with Gasteiger partial charge in [-0.2, -0.15) is 0 Å². The molecular weight excluding hydrogens is 494 g/mol. The predicted molar refractivity (Wildman–Crippen MR) is 135 cm³/mol. The van der Waals surface area contributed by atoms with E-state index in [1.807, 2.05) is 54.7 Å². The first-order valence-corrected chi connectivity index (χ1v) is 12.0. The molecular formula is C26H17Cl2FN2O2S. The van der Waals surface area contributed by atoms with E-state index in [4.69, 9.17) is 23.2 Å². The molecule has 3 aromatic carbocycles. The lowest BCUT2D eigenvalue weighted by Crippen LogP contribution is -2.27. The Balaban J connectivity index is 1.47. The van der Waals surface area contributed by atoms with E-state index in [9.17, 15) is 14.0 Å². The van der Waals surface area contributed by atoms with Gasteiger partial charge in [0.1, 0.15) is 5.82 Å². The highest BCUT2D eigenvalue weighted by atomic mass is 35.5. The first kappa shape index (κ1) is 22.7. The summed E-state index contributed by atoms with van der Waals surface area (Å²) in [5.74, 6) is -0.880. The molecule has 1 saturated heterocycles. The summed E-state index contributed by atoms with van der Waals surface area (Å²) in [5.41, 5.74) is 3.30. The van der Waals surface area contributed by atoms with Gasteiger partial charge in [-0.3, -0.25) is 14.5 Å². The number of hydrogen-bond acceptors (Lipinski definition) is 3. The third-order valence-electron chi connectivity index (χ3n) is 5.62. The van der Waals surface area contributed by atoms with Crippen molar-refractivity contribution in [3.63, 3.8) is 0 Å². The van der Waals surface area contributed by atoms with Crippen molar-refractivity contribution in [3.05, 3.63) is 110 Å². The lowest BCUT2D eigenvalue weighted by Gasteiger charge is -2.13. The summed E-state index contributed by atoms with van der Waals surface area (Å²) in [4.78, 5) is 27.1. The van der Waals surface area contributed by atoms with Crippen molar-refractivity contribution in [1.82, 2.24) is 9.47 Å². The molecule has 0 bridgehead atoms. The zero-order chi connectivity index (χ0) is 23.8. The molecule has 0 N–H and O–H groups in total. The van der Waals surface area contributed by atoms with Gasteiger partial charge in [0.2, 0.25) is 0 Å². The molecule has 0 spiro atoms. The number of rotatable bonds is 5. The van der Waals surface area contributed by atoms with Crippen LogP contribution in [0.5, 0.6) is 0 Å². The zero-order valence-corrected chi connectivity index (χ0v) is 20.0. The van der Waals surface area contributed by atoms with E-state index in [1.54, 1.807) is 6.08 Å². The minimum atomic E-state index is -0.476. The van der Waals surface area contributed by atoms with Gasteiger partial charge >= 0.3 is 0 Å². The van der Waals surface area contributed by atoms with Crippen molar-refractivity contribution in [2.24, 2.45) is 0 Å². The standard InChI is InChI=1S/C26H17Cl2FN2O2S/c27-21-7-3-1-5-16(21)13-30-14-18(20-6-2-4-8-23(20)30)11-24-25(32)31(26(33)34-24)15-17-9-10-19(29)12-22(17)28/h1-12,14H,13,15H2/b24-11-. The van der Waals surface area contributed by atoms with Crippen LogP contribution in [0, 0.1) is 5.82 Å². The van der Waals surface area contributed by atoms with Crippen LogP contribution in [0.3, 0.4) is 0 Å². The van der Waals surface area contributed by atoms with Crippen molar-refractivity contribution in [2.75, 3.05) is 0 Å². The molecule has 0 unspecified atom stereocenters. The number of para-hydroxylation sites is 1. The molecule has 2 amide bonds. The van der Waals surface area contributed by atoms with Crippen LogP contribution in [0.4, 0.5) is 9.18 Å². The molecule has 1 aliphatic rings. The van der Waals surface area contributed by atoms with Crippen LogP contribution < -0.4 is 0 Å². The third-order valence-corrected chi connectivity index (χ3v) is 7.25. The Bertz CT molecular complexity index is 1480. The average Bonchev–Trinajstić information content (AvgIpc) is 3.29. The SMILES string of the molecule is O=C1S/C(=C\c2cn(Cc3ccccc3Cl)c3ccccc23)C(=O)N1Cc1ccc(F)cc1Cl. The Kier molecular flexibility index (Phi) is 6.21. The van der Waals surface area contributed by atoms with E-state index in [0.717, 1.165) is 38.7 Å². The second-order valence-corrected chi connectivity index (χ2v) is 9.63. The number of carbonyl (C=O) groups excluding carboxylic acids is 2. The number of amides is 2. The molecule has 1 fully saturated rings. The number of imide groups is 1. The van der Waals surface area contributed by atoms with Gasteiger partial charge in [0, 0.05) is 39.3 Å². The van der Waals surface area contributed by atoms with E-state index in [-0.39, 0.29) is 11.6 Å². The Hall–Kier alpha value is -3.06. The fourth-order valence-electron chi connectivity index (χ4n) is 3.93. The molecule has 1 aliphatic heterocycles. The highest BCUT2D eigenvalue weighted by Gasteiger charge is 2.35. The fourth-order valence-corrected chi connectivity index (χ4v) is 5.18. The smallest absolute Gasteiger partial charge is 0.293 e. The van der Waals surface area contributed by atoms with Gasteiger partial charge < -0.3 is 4.57 Å². The molecule has 2 heterocycles. The van der Waals surface area contributed by atoms with Gasteiger partial charge in [0.05, 0.1) is 11.4 Å². The maximum atomic E-state index is 13.4. The second kappa shape index (κ2) is 9.29. The molecule has 4 aromatic rings. The van der Waals surface area contributed by atoms with E-state index < -0.39 is 17.0 Å². The summed E-state index contributed by atoms with van der Waals surface area (Å²) >= 11 is 13.3.